The van der Waals surface area contributed by atoms with E-state index in [-0.39, 0.29) is 6.54 Å². The minimum Gasteiger partial charge on any atom is -0.329 e. The Balaban J connectivity index is 3.18. The van der Waals surface area contributed by atoms with Crippen LogP contribution in [0.4, 0.5) is 8.78 Å². The molecule has 4 nitrogen and oxygen atoms in total. The van der Waals surface area contributed by atoms with Crippen LogP contribution in [0, 0.1) is 11.6 Å². The largest absolute Gasteiger partial charge is 0.329 e. The molecule has 0 saturated heterocycles. The van der Waals surface area contributed by atoms with Crippen molar-refractivity contribution in [2.75, 3.05) is 6.54 Å². The quantitative estimate of drug-likeness (QED) is 0.854. The molecule has 1 atom stereocenters. The Bertz CT molecular complexity index is 528. The molecule has 18 heavy (non-hydrogen) atoms. The Morgan fingerprint density at radius 2 is 2.00 bits per heavy atom. The van der Waals surface area contributed by atoms with E-state index in [1.165, 1.54) is 0 Å². The minimum absolute atomic E-state index is 0.0552. The number of sulfonamides is 1. The fourth-order valence-electron chi connectivity index (χ4n) is 1.32. The molecule has 1 aromatic rings. The zero-order chi connectivity index (χ0) is 14.0. The van der Waals surface area contributed by atoms with Crippen LogP contribution in [0.25, 0.3) is 0 Å². The van der Waals surface area contributed by atoms with E-state index in [2.05, 4.69) is 4.72 Å². The van der Waals surface area contributed by atoms with Crippen LogP contribution in [0.5, 0.6) is 0 Å². The molecule has 0 aliphatic carbocycles. The van der Waals surface area contributed by atoms with E-state index in [0.29, 0.717) is 12.5 Å². The summed E-state index contributed by atoms with van der Waals surface area (Å²) in [5.41, 5.74) is 4.58. The third-order valence-electron chi connectivity index (χ3n) is 2.79. The number of nitrogens with two attached hydrogens (primary N) is 1. The third-order valence-corrected chi connectivity index (χ3v) is 4.45. The van der Waals surface area contributed by atoms with Crippen molar-refractivity contribution in [3.05, 3.63) is 29.8 Å². The molecular formula is C11H16F2N2O2S. The summed E-state index contributed by atoms with van der Waals surface area (Å²) in [6.07, 6.45) is 0.430. The van der Waals surface area contributed by atoms with E-state index in [1.54, 1.807) is 13.8 Å². The SMILES string of the molecule is CCC(C)(CN)NS(=O)(=O)c1cc(F)ccc1F. The number of hydrogen-bond acceptors (Lipinski definition) is 3. The first-order valence-corrected chi connectivity index (χ1v) is 6.91. The molecule has 0 fully saturated rings. The van der Waals surface area contributed by atoms with Crippen molar-refractivity contribution in [2.45, 2.75) is 30.7 Å². The van der Waals surface area contributed by atoms with Crippen molar-refractivity contribution in [1.29, 1.82) is 0 Å². The van der Waals surface area contributed by atoms with Crippen LogP contribution in [0.3, 0.4) is 0 Å². The first-order valence-electron chi connectivity index (χ1n) is 5.43. The Morgan fingerprint density at radius 1 is 1.39 bits per heavy atom. The van der Waals surface area contributed by atoms with Crippen molar-refractivity contribution >= 4 is 10.0 Å². The lowest BCUT2D eigenvalue weighted by molar-refractivity contribution is 0.409. The van der Waals surface area contributed by atoms with Crippen LogP contribution < -0.4 is 10.5 Å². The lowest BCUT2D eigenvalue weighted by Gasteiger charge is -2.27. The van der Waals surface area contributed by atoms with Crippen LogP contribution in [0.1, 0.15) is 20.3 Å². The number of hydrogen-bond donors (Lipinski definition) is 2. The van der Waals surface area contributed by atoms with E-state index in [4.69, 9.17) is 5.73 Å². The first-order chi connectivity index (χ1) is 8.24. The standard InChI is InChI=1S/C11H16F2N2O2S/c1-3-11(2,7-14)15-18(16,17)10-6-8(12)4-5-9(10)13/h4-6,15H,3,7,14H2,1-2H3. The summed E-state index contributed by atoms with van der Waals surface area (Å²) in [6, 6.07) is 2.27. The summed E-state index contributed by atoms with van der Waals surface area (Å²) >= 11 is 0. The van der Waals surface area contributed by atoms with Crippen LogP contribution in [0.15, 0.2) is 23.1 Å². The second-order valence-electron chi connectivity index (χ2n) is 4.30. The maximum absolute atomic E-state index is 13.4. The normalized spacial score (nSPS) is 15.4. The highest BCUT2D eigenvalue weighted by molar-refractivity contribution is 7.89. The van der Waals surface area contributed by atoms with Gasteiger partial charge in [-0.05, 0) is 31.5 Å². The third kappa shape index (κ3) is 3.24. The Morgan fingerprint density at radius 3 is 2.50 bits per heavy atom. The average molecular weight is 278 g/mol. The van der Waals surface area contributed by atoms with E-state index in [1.807, 2.05) is 0 Å². The smallest absolute Gasteiger partial charge is 0.244 e. The van der Waals surface area contributed by atoms with Crippen LogP contribution in [-0.2, 0) is 10.0 Å². The molecule has 0 radical (unpaired) electrons. The summed E-state index contributed by atoms with van der Waals surface area (Å²) in [4.78, 5) is -0.712. The Hall–Kier alpha value is -1.05. The highest BCUT2D eigenvalue weighted by Crippen LogP contribution is 2.19. The van der Waals surface area contributed by atoms with Crippen molar-refractivity contribution in [1.82, 2.24) is 4.72 Å². The van der Waals surface area contributed by atoms with Crippen LogP contribution in [0.2, 0.25) is 0 Å². The van der Waals surface area contributed by atoms with Gasteiger partial charge in [0, 0.05) is 12.1 Å². The number of nitrogens with one attached hydrogen (secondary N) is 1. The molecule has 0 aliphatic heterocycles. The zero-order valence-corrected chi connectivity index (χ0v) is 11.0. The van der Waals surface area contributed by atoms with Crippen molar-refractivity contribution in [2.24, 2.45) is 5.73 Å². The van der Waals surface area contributed by atoms with Gasteiger partial charge in [-0.1, -0.05) is 6.92 Å². The molecule has 0 amide bonds. The van der Waals surface area contributed by atoms with Crippen LogP contribution >= 0.6 is 0 Å². The zero-order valence-electron chi connectivity index (χ0n) is 10.2. The molecule has 0 aliphatic rings. The van der Waals surface area contributed by atoms with E-state index in [0.717, 1.165) is 12.1 Å². The van der Waals surface area contributed by atoms with Gasteiger partial charge < -0.3 is 5.73 Å². The Kier molecular flexibility index (Phi) is 4.41. The van der Waals surface area contributed by atoms with Crippen molar-refractivity contribution in [3.63, 3.8) is 0 Å². The van der Waals surface area contributed by atoms with Crippen molar-refractivity contribution in [3.8, 4) is 0 Å². The maximum Gasteiger partial charge on any atom is 0.244 e. The van der Waals surface area contributed by atoms with E-state index in [9.17, 15) is 17.2 Å². The Labute approximate surface area is 105 Å². The molecule has 102 valence electrons. The average Bonchev–Trinajstić information content (AvgIpc) is 2.31. The molecule has 0 saturated carbocycles. The summed E-state index contributed by atoms with van der Waals surface area (Å²) < 4.78 is 52.6. The maximum atomic E-state index is 13.4. The monoisotopic (exact) mass is 278 g/mol. The fourth-order valence-corrected chi connectivity index (χ4v) is 2.90. The molecule has 0 bridgehead atoms. The second-order valence-corrected chi connectivity index (χ2v) is 5.95. The van der Waals surface area contributed by atoms with Gasteiger partial charge in [0.1, 0.15) is 16.5 Å². The molecule has 3 N–H and O–H groups in total. The van der Waals surface area contributed by atoms with E-state index >= 15 is 0 Å². The molecular weight excluding hydrogens is 262 g/mol. The van der Waals surface area contributed by atoms with Crippen LogP contribution in [-0.4, -0.2) is 20.5 Å². The number of halogens is 2. The molecule has 1 rings (SSSR count). The van der Waals surface area contributed by atoms with Crippen molar-refractivity contribution < 1.29 is 17.2 Å². The molecule has 0 heterocycles. The van der Waals surface area contributed by atoms with Gasteiger partial charge in [-0.15, -0.1) is 0 Å². The van der Waals surface area contributed by atoms with Gasteiger partial charge in [0.2, 0.25) is 10.0 Å². The van der Waals surface area contributed by atoms with Gasteiger partial charge in [-0.2, -0.15) is 0 Å². The summed E-state index contributed by atoms with van der Waals surface area (Å²) in [5, 5.41) is 0. The molecule has 1 aromatic carbocycles. The predicted octanol–water partition coefficient (Wildman–Crippen LogP) is 1.37. The predicted molar refractivity (Wildman–Crippen MR) is 64.4 cm³/mol. The molecule has 1 unspecified atom stereocenters. The van der Waals surface area contributed by atoms with Gasteiger partial charge in [0.05, 0.1) is 0 Å². The topological polar surface area (TPSA) is 72.2 Å². The van der Waals surface area contributed by atoms with Gasteiger partial charge in [0.15, 0.2) is 0 Å². The van der Waals surface area contributed by atoms with Gasteiger partial charge in [-0.25, -0.2) is 21.9 Å². The molecule has 7 heteroatoms. The van der Waals surface area contributed by atoms with Gasteiger partial charge in [0.25, 0.3) is 0 Å². The number of benzene rings is 1. The second kappa shape index (κ2) is 5.29. The highest BCUT2D eigenvalue weighted by Gasteiger charge is 2.29. The summed E-state index contributed by atoms with van der Waals surface area (Å²) in [5.74, 6) is -1.82. The highest BCUT2D eigenvalue weighted by atomic mass is 32.2. The first kappa shape index (κ1) is 15.0. The minimum atomic E-state index is -4.14. The van der Waals surface area contributed by atoms with E-state index < -0.39 is 32.1 Å². The number of rotatable bonds is 5. The summed E-state index contributed by atoms with van der Waals surface area (Å²) in [7, 11) is -4.14. The fraction of sp³-hybridized carbons (Fsp3) is 0.455. The summed E-state index contributed by atoms with van der Waals surface area (Å²) in [6.45, 7) is 3.40. The molecule has 0 aromatic heterocycles. The lowest BCUT2D eigenvalue weighted by Crippen LogP contribution is -2.50. The molecule has 0 spiro atoms. The van der Waals surface area contributed by atoms with Gasteiger partial charge in [-0.3, -0.25) is 0 Å². The van der Waals surface area contributed by atoms with Gasteiger partial charge >= 0.3 is 0 Å². The lowest BCUT2D eigenvalue weighted by atomic mass is 10.0.